The van der Waals surface area contributed by atoms with E-state index in [1.54, 1.807) is 0 Å². The summed E-state index contributed by atoms with van der Waals surface area (Å²) in [7, 11) is 0. The Labute approximate surface area is 120 Å². The Hall–Kier alpha value is -1.29. The monoisotopic (exact) mass is 275 g/mol. The zero-order valence-electron chi connectivity index (χ0n) is 12.3. The standard InChI is InChI=1S/C16H25N3O/c1-12(17)13-5-3-9-18(11-13)16(20)15-8-4-10-19(15)14-6-2-7-14/h4,8,10,12-14H,2-3,5-7,9,11,17H2,1H3. The van der Waals surface area contributed by atoms with Crippen molar-refractivity contribution in [3.63, 3.8) is 0 Å². The zero-order valence-corrected chi connectivity index (χ0v) is 12.3. The lowest BCUT2D eigenvalue weighted by Crippen LogP contribution is -2.45. The first kappa shape index (κ1) is 13.7. The minimum atomic E-state index is 0.170. The third kappa shape index (κ3) is 2.49. The Bertz CT molecular complexity index is 476. The van der Waals surface area contributed by atoms with E-state index in [4.69, 9.17) is 5.73 Å². The van der Waals surface area contributed by atoms with Crippen LogP contribution in [0.1, 0.15) is 55.6 Å². The average molecular weight is 275 g/mol. The zero-order chi connectivity index (χ0) is 14.1. The van der Waals surface area contributed by atoms with E-state index in [2.05, 4.69) is 17.7 Å². The van der Waals surface area contributed by atoms with E-state index < -0.39 is 0 Å². The third-order valence-corrected chi connectivity index (χ3v) is 4.95. The van der Waals surface area contributed by atoms with E-state index in [0.717, 1.165) is 31.6 Å². The molecule has 1 aromatic rings. The highest BCUT2D eigenvalue weighted by Crippen LogP contribution is 2.33. The number of amides is 1. The molecule has 1 aromatic heterocycles. The van der Waals surface area contributed by atoms with Gasteiger partial charge in [0.1, 0.15) is 5.69 Å². The molecule has 2 fully saturated rings. The van der Waals surface area contributed by atoms with Gasteiger partial charge in [-0.25, -0.2) is 0 Å². The average Bonchev–Trinajstić information content (AvgIpc) is 2.85. The van der Waals surface area contributed by atoms with Crippen LogP contribution in [0.3, 0.4) is 0 Å². The molecule has 2 aliphatic rings. The van der Waals surface area contributed by atoms with E-state index in [9.17, 15) is 4.79 Å². The number of piperidine rings is 1. The maximum absolute atomic E-state index is 12.8. The summed E-state index contributed by atoms with van der Waals surface area (Å²) in [6.45, 7) is 3.74. The van der Waals surface area contributed by atoms with Gasteiger partial charge in [-0.2, -0.15) is 0 Å². The van der Waals surface area contributed by atoms with Crippen molar-refractivity contribution in [1.82, 2.24) is 9.47 Å². The van der Waals surface area contributed by atoms with Crippen LogP contribution in [0.5, 0.6) is 0 Å². The number of hydrogen-bond donors (Lipinski definition) is 1. The summed E-state index contributed by atoms with van der Waals surface area (Å²) in [4.78, 5) is 14.8. The van der Waals surface area contributed by atoms with Crippen molar-refractivity contribution < 1.29 is 4.79 Å². The predicted octanol–water partition coefficient (Wildman–Crippen LogP) is 2.41. The third-order valence-electron chi connectivity index (χ3n) is 4.95. The van der Waals surface area contributed by atoms with Crippen molar-refractivity contribution in [2.75, 3.05) is 13.1 Å². The summed E-state index contributed by atoms with van der Waals surface area (Å²) in [5, 5.41) is 0. The fourth-order valence-corrected chi connectivity index (χ4v) is 3.34. The first-order valence-electron chi connectivity index (χ1n) is 7.88. The number of carbonyl (C=O) groups excluding carboxylic acids is 1. The van der Waals surface area contributed by atoms with Crippen molar-refractivity contribution >= 4 is 5.91 Å². The van der Waals surface area contributed by atoms with Crippen molar-refractivity contribution in [2.45, 2.75) is 51.1 Å². The second kappa shape index (κ2) is 5.60. The first-order valence-corrected chi connectivity index (χ1v) is 7.88. The van der Waals surface area contributed by atoms with Gasteiger partial charge in [0.25, 0.3) is 5.91 Å². The van der Waals surface area contributed by atoms with E-state index in [1.165, 1.54) is 19.3 Å². The van der Waals surface area contributed by atoms with Crippen LogP contribution < -0.4 is 5.73 Å². The largest absolute Gasteiger partial charge is 0.340 e. The van der Waals surface area contributed by atoms with Crippen LogP contribution in [0.4, 0.5) is 0 Å². The second-order valence-electron chi connectivity index (χ2n) is 6.40. The van der Waals surface area contributed by atoms with Crippen LogP contribution in [0.2, 0.25) is 0 Å². The number of nitrogens with two attached hydrogens (primary N) is 1. The molecule has 2 unspecified atom stereocenters. The Kier molecular flexibility index (Phi) is 3.83. The van der Waals surface area contributed by atoms with Gasteiger partial charge < -0.3 is 15.2 Å². The van der Waals surface area contributed by atoms with Gasteiger partial charge in [-0.1, -0.05) is 0 Å². The lowest BCUT2D eigenvalue weighted by molar-refractivity contribution is 0.0644. The molecule has 2 N–H and O–H groups in total. The van der Waals surface area contributed by atoms with Gasteiger partial charge in [-0.15, -0.1) is 0 Å². The summed E-state index contributed by atoms with van der Waals surface area (Å²) >= 11 is 0. The van der Waals surface area contributed by atoms with E-state index in [-0.39, 0.29) is 11.9 Å². The Balaban J connectivity index is 1.73. The SMILES string of the molecule is CC(N)C1CCCN(C(=O)c2cccn2C2CCC2)C1. The van der Waals surface area contributed by atoms with Crippen molar-refractivity contribution in [3.05, 3.63) is 24.0 Å². The van der Waals surface area contributed by atoms with Crippen LogP contribution >= 0.6 is 0 Å². The highest BCUT2D eigenvalue weighted by molar-refractivity contribution is 5.93. The van der Waals surface area contributed by atoms with Gasteiger partial charge in [0.15, 0.2) is 0 Å². The molecule has 2 heterocycles. The summed E-state index contributed by atoms with van der Waals surface area (Å²) in [6, 6.07) is 4.68. The van der Waals surface area contributed by atoms with Gasteiger partial charge >= 0.3 is 0 Å². The summed E-state index contributed by atoms with van der Waals surface area (Å²) < 4.78 is 2.18. The summed E-state index contributed by atoms with van der Waals surface area (Å²) in [6.07, 6.45) is 7.97. The van der Waals surface area contributed by atoms with Crippen LogP contribution in [0.25, 0.3) is 0 Å². The van der Waals surface area contributed by atoms with Crippen molar-refractivity contribution in [1.29, 1.82) is 0 Å². The molecule has 110 valence electrons. The number of likely N-dealkylation sites (tertiary alicyclic amines) is 1. The van der Waals surface area contributed by atoms with Crippen molar-refractivity contribution in [2.24, 2.45) is 11.7 Å². The van der Waals surface area contributed by atoms with E-state index >= 15 is 0 Å². The van der Waals surface area contributed by atoms with Crippen LogP contribution in [0.15, 0.2) is 18.3 Å². The molecule has 0 aromatic carbocycles. The lowest BCUT2D eigenvalue weighted by atomic mass is 9.91. The molecule has 1 amide bonds. The van der Waals surface area contributed by atoms with Gasteiger partial charge in [0.2, 0.25) is 0 Å². The number of nitrogens with zero attached hydrogens (tertiary/aromatic N) is 2. The fraction of sp³-hybridized carbons (Fsp3) is 0.688. The molecule has 1 saturated carbocycles. The van der Waals surface area contributed by atoms with Crippen LogP contribution in [-0.2, 0) is 0 Å². The second-order valence-corrected chi connectivity index (χ2v) is 6.40. The Morgan fingerprint density at radius 3 is 2.80 bits per heavy atom. The van der Waals surface area contributed by atoms with Crippen LogP contribution in [0, 0.1) is 5.92 Å². The van der Waals surface area contributed by atoms with Gasteiger partial charge in [0.05, 0.1) is 0 Å². The predicted molar refractivity (Wildman–Crippen MR) is 79.6 cm³/mol. The lowest BCUT2D eigenvalue weighted by Gasteiger charge is -2.36. The molecule has 20 heavy (non-hydrogen) atoms. The molecule has 2 atom stereocenters. The minimum Gasteiger partial charge on any atom is -0.340 e. The maximum Gasteiger partial charge on any atom is 0.270 e. The molecule has 4 nitrogen and oxygen atoms in total. The molecule has 0 bridgehead atoms. The topological polar surface area (TPSA) is 51.3 Å². The molecule has 4 heteroatoms. The highest BCUT2D eigenvalue weighted by Gasteiger charge is 2.29. The molecule has 1 aliphatic carbocycles. The van der Waals surface area contributed by atoms with E-state index in [1.807, 2.05) is 17.0 Å². The number of hydrogen-bond acceptors (Lipinski definition) is 2. The van der Waals surface area contributed by atoms with Crippen LogP contribution in [-0.4, -0.2) is 34.5 Å². The molecule has 0 radical (unpaired) electrons. The molecular weight excluding hydrogens is 250 g/mol. The summed E-state index contributed by atoms with van der Waals surface area (Å²) in [5.74, 6) is 0.632. The number of rotatable bonds is 3. The Morgan fingerprint density at radius 1 is 1.35 bits per heavy atom. The van der Waals surface area contributed by atoms with Gasteiger partial charge in [-0.05, 0) is 57.1 Å². The maximum atomic E-state index is 12.8. The minimum absolute atomic E-state index is 0.170. The quantitative estimate of drug-likeness (QED) is 0.921. The molecule has 1 aliphatic heterocycles. The molecule has 3 rings (SSSR count). The number of carbonyl (C=O) groups is 1. The molecule has 1 saturated heterocycles. The first-order chi connectivity index (χ1) is 9.66. The van der Waals surface area contributed by atoms with Crippen molar-refractivity contribution in [3.8, 4) is 0 Å². The summed E-state index contributed by atoms with van der Waals surface area (Å²) in [5.41, 5.74) is 6.87. The Morgan fingerprint density at radius 2 is 2.15 bits per heavy atom. The normalized spacial score (nSPS) is 25.3. The smallest absolute Gasteiger partial charge is 0.270 e. The van der Waals surface area contributed by atoms with Gasteiger partial charge in [0, 0.05) is 31.4 Å². The number of aromatic nitrogens is 1. The van der Waals surface area contributed by atoms with Gasteiger partial charge in [-0.3, -0.25) is 4.79 Å². The molecule has 0 spiro atoms. The highest BCUT2D eigenvalue weighted by atomic mass is 16.2. The van der Waals surface area contributed by atoms with E-state index in [0.29, 0.717) is 12.0 Å². The fourth-order valence-electron chi connectivity index (χ4n) is 3.34. The molecular formula is C16H25N3O.